The number of amides is 1. The van der Waals surface area contributed by atoms with Crippen LogP contribution in [0.15, 0.2) is 48.5 Å². The van der Waals surface area contributed by atoms with E-state index < -0.39 is 0 Å². The van der Waals surface area contributed by atoms with Gasteiger partial charge in [-0.15, -0.1) is 11.3 Å². The maximum atomic E-state index is 13.1. The van der Waals surface area contributed by atoms with Gasteiger partial charge in [0.05, 0.1) is 12.7 Å². The van der Waals surface area contributed by atoms with E-state index in [1.165, 1.54) is 4.88 Å². The minimum atomic E-state index is -0.221. The molecule has 1 amide bonds. The van der Waals surface area contributed by atoms with Crippen LogP contribution in [0.2, 0.25) is 0 Å². The Bertz CT molecular complexity index is 1230. The zero-order valence-corrected chi connectivity index (χ0v) is 20.9. The van der Waals surface area contributed by atoms with E-state index in [1.807, 2.05) is 42.5 Å². The minimum absolute atomic E-state index is 0.221. The molecule has 3 aromatic rings. The summed E-state index contributed by atoms with van der Waals surface area (Å²) >= 11 is 1.55. The van der Waals surface area contributed by atoms with Crippen molar-refractivity contribution >= 4 is 22.2 Å². The van der Waals surface area contributed by atoms with E-state index >= 15 is 0 Å². The molecule has 0 unspecified atom stereocenters. The fourth-order valence-corrected chi connectivity index (χ4v) is 5.68. The summed E-state index contributed by atoms with van der Waals surface area (Å²) < 4.78 is 11.2. The molecule has 5 nitrogen and oxygen atoms in total. The molecule has 1 aromatic heterocycles. The number of ether oxygens (including phenoxy) is 2. The number of nitrogens with zero attached hydrogens (tertiary/aromatic N) is 1. The van der Waals surface area contributed by atoms with E-state index in [9.17, 15) is 10.1 Å². The van der Waals surface area contributed by atoms with Gasteiger partial charge in [0.25, 0.3) is 5.91 Å². The quantitative estimate of drug-likeness (QED) is 0.436. The Balaban J connectivity index is 1.48. The molecule has 1 aliphatic carbocycles. The highest BCUT2D eigenvalue weighted by Gasteiger charge is 2.32. The average Bonchev–Trinajstić information content (AvgIpc) is 3.18. The molecule has 176 valence electrons. The van der Waals surface area contributed by atoms with Gasteiger partial charge < -0.3 is 14.8 Å². The number of thiophene rings is 1. The number of anilines is 1. The molecule has 0 saturated heterocycles. The van der Waals surface area contributed by atoms with Crippen molar-refractivity contribution in [2.24, 2.45) is 11.3 Å². The van der Waals surface area contributed by atoms with Crippen LogP contribution in [0.25, 0.3) is 0 Å². The second kappa shape index (κ2) is 9.90. The highest BCUT2D eigenvalue weighted by atomic mass is 32.1. The van der Waals surface area contributed by atoms with Gasteiger partial charge >= 0.3 is 0 Å². The Morgan fingerprint density at radius 2 is 1.94 bits per heavy atom. The van der Waals surface area contributed by atoms with Crippen molar-refractivity contribution in [1.82, 2.24) is 0 Å². The van der Waals surface area contributed by atoms with Gasteiger partial charge in [0.15, 0.2) is 11.5 Å². The largest absolute Gasteiger partial charge is 0.493 e. The van der Waals surface area contributed by atoms with E-state index in [0.717, 1.165) is 30.4 Å². The van der Waals surface area contributed by atoms with Crippen LogP contribution >= 0.6 is 11.3 Å². The highest BCUT2D eigenvalue weighted by Crippen LogP contribution is 2.44. The Morgan fingerprint density at radius 1 is 1.18 bits per heavy atom. The Labute approximate surface area is 205 Å². The summed E-state index contributed by atoms with van der Waals surface area (Å²) in [6.07, 6.45) is 2.93. The first-order valence-corrected chi connectivity index (χ1v) is 12.3. The topological polar surface area (TPSA) is 71.3 Å². The van der Waals surface area contributed by atoms with Crippen molar-refractivity contribution in [3.05, 3.63) is 75.7 Å². The molecular formula is C28H30N2O3S. The van der Waals surface area contributed by atoms with Crippen LogP contribution in [0, 0.1) is 22.7 Å². The van der Waals surface area contributed by atoms with Gasteiger partial charge in [0.2, 0.25) is 0 Å². The number of benzene rings is 2. The number of nitriles is 1. The second-order valence-electron chi connectivity index (χ2n) is 9.72. The fourth-order valence-electron chi connectivity index (χ4n) is 4.41. The molecule has 1 N–H and O–H groups in total. The number of nitrogens with one attached hydrogen (secondary N) is 1. The maximum absolute atomic E-state index is 13.1. The molecule has 4 rings (SSSR count). The number of carbonyl (C=O) groups excluding carboxylic acids is 1. The predicted octanol–water partition coefficient (Wildman–Crippen LogP) is 6.61. The van der Waals surface area contributed by atoms with E-state index in [4.69, 9.17) is 9.47 Å². The standard InChI is InChI=1S/C28H30N2O3S/c1-28(2,3)20-12-13-21-22(16-29)27(34-25(21)15-20)30-26(31)19-9-7-8-18(14-19)17-33-24-11-6-5-10-23(24)32-4/h5-11,14,20H,12-13,15,17H2,1-4H3,(H,30,31)/t20-/m0/s1. The van der Waals surface area contributed by atoms with Gasteiger partial charge in [-0.3, -0.25) is 4.79 Å². The van der Waals surface area contributed by atoms with Crippen molar-refractivity contribution in [3.63, 3.8) is 0 Å². The van der Waals surface area contributed by atoms with Gasteiger partial charge in [-0.1, -0.05) is 45.0 Å². The summed E-state index contributed by atoms with van der Waals surface area (Å²) in [7, 11) is 1.61. The van der Waals surface area contributed by atoms with E-state index in [2.05, 4.69) is 32.2 Å². The molecule has 0 saturated carbocycles. The lowest BCUT2D eigenvalue weighted by molar-refractivity contribution is 0.102. The lowest BCUT2D eigenvalue weighted by Crippen LogP contribution is -2.26. The number of methoxy groups -OCH3 is 1. The Kier molecular flexibility index (Phi) is 6.95. The molecule has 34 heavy (non-hydrogen) atoms. The van der Waals surface area contributed by atoms with Crippen molar-refractivity contribution in [1.29, 1.82) is 5.26 Å². The van der Waals surface area contributed by atoms with Gasteiger partial charge in [-0.2, -0.15) is 5.26 Å². The highest BCUT2D eigenvalue weighted by molar-refractivity contribution is 7.16. The molecule has 0 spiro atoms. The van der Waals surface area contributed by atoms with E-state index in [-0.39, 0.29) is 11.3 Å². The number of carbonyl (C=O) groups is 1. The Hall–Kier alpha value is -3.30. The molecule has 0 aliphatic heterocycles. The van der Waals surface area contributed by atoms with Crippen molar-refractivity contribution in [3.8, 4) is 17.6 Å². The van der Waals surface area contributed by atoms with Crippen LogP contribution < -0.4 is 14.8 Å². The number of hydrogen-bond acceptors (Lipinski definition) is 5. The summed E-state index contributed by atoms with van der Waals surface area (Å²) in [6.45, 7) is 7.13. The maximum Gasteiger partial charge on any atom is 0.256 e. The summed E-state index contributed by atoms with van der Waals surface area (Å²) in [5.41, 5.74) is 3.37. The molecule has 0 bridgehead atoms. The third-order valence-corrected chi connectivity index (χ3v) is 7.65. The smallest absolute Gasteiger partial charge is 0.256 e. The molecule has 1 heterocycles. The van der Waals surface area contributed by atoms with E-state index in [0.29, 0.717) is 40.2 Å². The third-order valence-electron chi connectivity index (χ3n) is 6.48. The predicted molar refractivity (Wildman–Crippen MR) is 136 cm³/mol. The summed E-state index contributed by atoms with van der Waals surface area (Å²) in [4.78, 5) is 14.3. The van der Waals surface area contributed by atoms with Crippen LogP contribution in [-0.2, 0) is 19.4 Å². The first kappa shape index (κ1) is 23.8. The second-order valence-corrected chi connectivity index (χ2v) is 10.8. The number of hydrogen-bond donors (Lipinski definition) is 1. The molecule has 1 aliphatic rings. The lowest BCUT2D eigenvalue weighted by atomic mass is 9.72. The lowest BCUT2D eigenvalue weighted by Gasteiger charge is -2.33. The van der Waals surface area contributed by atoms with Crippen LogP contribution in [0.4, 0.5) is 5.00 Å². The van der Waals surface area contributed by atoms with Crippen molar-refractivity contribution in [2.75, 3.05) is 12.4 Å². The van der Waals surface area contributed by atoms with Gasteiger partial charge in [0.1, 0.15) is 17.7 Å². The fraction of sp³-hybridized carbons (Fsp3) is 0.357. The molecular weight excluding hydrogens is 444 g/mol. The van der Waals surface area contributed by atoms with Crippen molar-refractivity contribution < 1.29 is 14.3 Å². The monoisotopic (exact) mass is 474 g/mol. The van der Waals surface area contributed by atoms with Crippen molar-refractivity contribution in [2.45, 2.75) is 46.6 Å². The molecule has 2 aromatic carbocycles. The molecule has 0 radical (unpaired) electrons. The average molecular weight is 475 g/mol. The minimum Gasteiger partial charge on any atom is -0.493 e. The van der Waals surface area contributed by atoms with Gasteiger partial charge in [-0.25, -0.2) is 0 Å². The summed E-state index contributed by atoms with van der Waals surface area (Å²) in [5, 5.41) is 13.5. The number of fused-ring (bicyclic) bond motifs is 1. The number of para-hydroxylation sites is 2. The summed E-state index contributed by atoms with van der Waals surface area (Å²) in [5.74, 6) is 1.67. The third kappa shape index (κ3) is 5.10. The number of rotatable bonds is 6. The Morgan fingerprint density at radius 3 is 2.65 bits per heavy atom. The van der Waals surface area contributed by atoms with Gasteiger partial charge in [0, 0.05) is 10.4 Å². The molecule has 6 heteroatoms. The SMILES string of the molecule is COc1ccccc1OCc1cccc(C(=O)Nc2sc3c(c2C#N)CC[C@H](C(C)(C)C)C3)c1. The normalized spacial score (nSPS) is 15.2. The molecule has 0 fully saturated rings. The van der Waals surface area contributed by atoms with Gasteiger partial charge in [-0.05, 0) is 66.0 Å². The zero-order chi connectivity index (χ0) is 24.3. The van der Waals surface area contributed by atoms with Crippen LogP contribution in [0.5, 0.6) is 11.5 Å². The zero-order valence-electron chi connectivity index (χ0n) is 20.1. The molecule has 1 atom stereocenters. The summed E-state index contributed by atoms with van der Waals surface area (Å²) in [6, 6.07) is 17.2. The van der Waals surface area contributed by atoms with Crippen LogP contribution in [0.3, 0.4) is 0 Å². The first-order valence-electron chi connectivity index (χ1n) is 11.5. The van der Waals surface area contributed by atoms with E-state index in [1.54, 1.807) is 24.5 Å². The van der Waals surface area contributed by atoms with Crippen LogP contribution in [-0.4, -0.2) is 13.0 Å². The van der Waals surface area contributed by atoms with Crippen LogP contribution in [0.1, 0.15) is 59.1 Å². The first-order chi connectivity index (χ1) is 16.3.